The molecule has 5 nitrogen and oxygen atoms in total. The normalized spacial score (nSPS) is 10.2. The van der Waals surface area contributed by atoms with Crippen LogP contribution < -0.4 is 10.1 Å². The highest BCUT2D eigenvalue weighted by molar-refractivity contribution is 5.49. The number of nitro benzene ring substituents is 1. The summed E-state index contributed by atoms with van der Waals surface area (Å²) in [6, 6.07) is 8.31. The number of nitrogens with one attached hydrogen (secondary N) is 1. The number of ether oxygens (including phenoxy) is 1. The van der Waals surface area contributed by atoms with E-state index in [1.165, 1.54) is 7.11 Å². The highest BCUT2D eigenvalue weighted by Crippen LogP contribution is 2.23. The Morgan fingerprint density at radius 1 is 1.24 bits per heavy atom. The van der Waals surface area contributed by atoms with Crippen LogP contribution in [-0.4, -0.2) is 12.0 Å². The molecule has 0 atom stereocenters. The molecule has 110 valence electrons. The van der Waals surface area contributed by atoms with Crippen molar-refractivity contribution in [1.29, 1.82) is 0 Å². The second-order valence-corrected chi connectivity index (χ2v) is 4.24. The third-order valence-electron chi connectivity index (χ3n) is 2.87. The second kappa shape index (κ2) is 6.17. The van der Waals surface area contributed by atoms with Crippen LogP contribution in [0.15, 0.2) is 36.4 Å². The molecule has 21 heavy (non-hydrogen) atoms. The first-order chi connectivity index (χ1) is 10.0. The topological polar surface area (TPSA) is 64.4 Å². The number of nitrogens with zero attached hydrogens (tertiary/aromatic N) is 1. The zero-order valence-corrected chi connectivity index (χ0v) is 11.1. The van der Waals surface area contributed by atoms with Gasteiger partial charge in [0.1, 0.15) is 11.6 Å². The van der Waals surface area contributed by atoms with Crippen LogP contribution in [-0.2, 0) is 6.54 Å². The van der Waals surface area contributed by atoms with Crippen molar-refractivity contribution < 1.29 is 18.4 Å². The third kappa shape index (κ3) is 3.44. The summed E-state index contributed by atoms with van der Waals surface area (Å²) in [5.74, 6) is -1.42. The molecule has 0 aliphatic heterocycles. The van der Waals surface area contributed by atoms with E-state index in [0.717, 1.165) is 6.07 Å². The van der Waals surface area contributed by atoms with E-state index in [1.54, 1.807) is 24.3 Å². The summed E-state index contributed by atoms with van der Waals surface area (Å²) in [5.41, 5.74) is -0.0921. The average molecular weight is 294 g/mol. The van der Waals surface area contributed by atoms with Gasteiger partial charge in [-0.05, 0) is 12.1 Å². The summed E-state index contributed by atoms with van der Waals surface area (Å²) < 4.78 is 31.9. The smallest absolute Gasteiger partial charge is 0.305 e. The Bertz CT molecular complexity index is 677. The van der Waals surface area contributed by atoms with E-state index in [-0.39, 0.29) is 12.1 Å². The molecule has 0 spiro atoms. The Hall–Kier alpha value is -2.70. The molecule has 0 aliphatic rings. The van der Waals surface area contributed by atoms with Gasteiger partial charge in [-0.1, -0.05) is 6.07 Å². The number of rotatable bonds is 5. The minimum Gasteiger partial charge on any atom is -0.497 e. The molecule has 0 aromatic heterocycles. The first kappa shape index (κ1) is 14.7. The third-order valence-corrected chi connectivity index (χ3v) is 2.87. The molecule has 0 unspecified atom stereocenters. The molecule has 0 heterocycles. The van der Waals surface area contributed by atoms with Gasteiger partial charge in [-0.2, -0.15) is 4.39 Å². The average Bonchev–Trinajstić information content (AvgIpc) is 2.46. The van der Waals surface area contributed by atoms with E-state index in [9.17, 15) is 18.9 Å². The quantitative estimate of drug-likeness (QED) is 0.677. The highest BCUT2D eigenvalue weighted by Gasteiger charge is 2.18. The van der Waals surface area contributed by atoms with Crippen LogP contribution in [0.5, 0.6) is 5.75 Å². The number of methoxy groups -OCH3 is 1. The van der Waals surface area contributed by atoms with E-state index in [0.29, 0.717) is 17.5 Å². The van der Waals surface area contributed by atoms with E-state index >= 15 is 0 Å². The molecule has 2 rings (SSSR count). The predicted molar refractivity (Wildman–Crippen MR) is 73.3 cm³/mol. The predicted octanol–water partition coefficient (Wildman–Crippen LogP) is 3.49. The lowest BCUT2D eigenvalue weighted by atomic mass is 10.1. The van der Waals surface area contributed by atoms with E-state index in [2.05, 4.69) is 5.32 Å². The first-order valence-electron chi connectivity index (χ1n) is 6.01. The van der Waals surface area contributed by atoms with Crippen molar-refractivity contribution in [3.8, 4) is 5.75 Å². The van der Waals surface area contributed by atoms with Gasteiger partial charge in [0.15, 0.2) is 0 Å². The van der Waals surface area contributed by atoms with Crippen LogP contribution in [0.25, 0.3) is 0 Å². The van der Waals surface area contributed by atoms with Crippen molar-refractivity contribution >= 4 is 11.4 Å². The lowest BCUT2D eigenvalue weighted by Crippen LogP contribution is -2.04. The van der Waals surface area contributed by atoms with Crippen LogP contribution in [0.1, 0.15) is 5.56 Å². The van der Waals surface area contributed by atoms with Crippen LogP contribution in [0, 0.1) is 21.7 Å². The summed E-state index contributed by atoms with van der Waals surface area (Å²) in [7, 11) is 1.52. The van der Waals surface area contributed by atoms with Crippen LogP contribution >= 0.6 is 0 Å². The zero-order chi connectivity index (χ0) is 15.4. The number of benzene rings is 2. The van der Waals surface area contributed by atoms with Crippen molar-refractivity contribution in [3.05, 3.63) is 63.7 Å². The van der Waals surface area contributed by atoms with Crippen molar-refractivity contribution in [3.63, 3.8) is 0 Å². The van der Waals surface area contributed by atoms with Gasteiger partial charge >= 0.3 is 5.69 Å². The summed E-state index contributed by atoms with van der Waals surface area (Å²) >= 11 is 0. The van der Waals surface area contributed by atoms with Gasteiger partial charge in [-0.3, -0.25) is 10.1 Å². The maximum atomic E-state index is 13.6. The Kier molecular flexibility index (Phi) is 4.32. The van der Waals surface area contributed by atoms with Crippen LogP contribution in [0.2, 0.25) is 0 Å². The van der Waals surface area contributed by atoms with E-state index in [4.69, 9.17) is 4.74 Å². The van der Waals surface area contributed by atoms with E-state index < -0.39 is 22.2 Å². The summed E-state index contributed by atoms with van der Waals surface area (Å²) in [4.78, 5) is 9.76. The molecular weight excluding hydrogens is 282 g/mol. The molecule has 0 amide bonds. The highest BCUT2D eigenvalue weighted by atomic mass is 19.1. The molecular formula is C14H12F2N2O3. The first-order valence-corrected chi connectivity index (χ1v) is 6.01. The summed E-state index contributed by atoms with van der Waals surface area (Å²) in [6.45, 7) is -0.0138. The van der Waals surface area contributed by atoms with Gasteiger partial charge in [0.05, 0.1) is 12.0 Å². The molecule has 7 heteroatoms. The van der Waals surface area contributed by atoms with Crippen LogP contribution in [0.3, 0.4) is 0 Å². The molecule has 0 fully saturated rings. The zero-order valence-electron chi connectivity index (χ0n) is 11.1. The summed E-state index contributed by atoms with van der Waals surface area (Å²) in [5, 5.41) is 13.5. The fourth-order valence-electron chi connectivity index (χ4n) is 1.79. The van der Waals surface area contributed by atoms with Gasteiger partial charge in [0.25, 0.3) is 0 Å². The van der Waals surface area contributed by atoms with Gasteiger partial charge in [-0.15, -0.1) is 0 Å². The Labute approximate surface area is 119 Å². The van der Waals surface area contributed by atoms with Crippen molar-refractivity contribution in [2.75, 3.05) is 12.4 Å². The lowest BCUT2D eigenvalue weighted by Gasteiger charge is -2.09. The number of halogens is 2. The van der Waals surface area contributed by atoms with Gasteiger partial charge in [0.2, 0.25) is 5.82 Å². The SMILES string of the molecule is COc1cccc(NCc2cc([N+](=O)[O-])c(F)cc2F)c1. The number of hydrogen-bond acceptors (Lipinski definition) is 4. The summed E-state index contributed by atoms with van der Waals surface area (Å²) in [6.07, 6.45) is 0. The van der Waals surface area contributed by atoms with Crippen molar-refractivity contribution in [2.45, 2.75) is 6.54 Å². The Morgan fingerprint density at radius 2 is 2.00 bits per heavy atom. The Morgan fingerprint density at radius 3 is 2.67 bits per heavy atom. The number of hydrogen-bond donors (Lipinski definition) is 1. The second-order valence-electron chi connectivity index (χ2n) is 4.24. The van der Waals surface area contributed by atoms with Crippen molar-refractivity contribution in [1.82, 2.24) is 0 Å². The lowest BCUT2D eigenvalue weighted by molar-refractivity contribution is -0.387. The molecule has 0 saturated carbocycles. The fourth-order valence-corrected chi connectivity index (χ4v) is 1.79. The number of nitro groups is 1. The molecule has 0 aliphatic carbocycles. The standard InChI is InChI=1S/C14H12F2N2O3/c1-21-11-4-2-3-10(6-11)17-8-9-5-14(18(19)20)13(16)7-12(9)15/h2-7,17H,8H2,1H3. The van der Waals surface area contributed by atoms with Gasteiger partial charge in [-0.25, -0.2) is 4.39 Å². The molecule has 1 N–H and O–H groups in total. The molecule has 2 aromatic carbocycles. The minimum atomic E-state index is -1.19. The minimum absolute atomic E-state index is 0.00548. The largest absolute Gasteiger partial charge is 0.497 e. The van der Waals surface area contributed by atoms with Gasteiger partial charge in [0, 0.05) is 36.0 Å². The van der Waals surface area contributed by atoms with Gasteiger partial charge < -0.3 is 10.1 Å². The maximum absolute atomic E-state index is 13.6. The Balaban J connectivity index is 2.19. The molecule has 0 bridgehead atoms. The molecule has 0 radical (unpaired) electrons. The number of anilines is 1. The molecule has 0 saturated heterocycles. The maximum Gasteiger partial charge on any atom is 0.305 e. The van der Waals surface area contributed by atoms with Crippen molar-refractivity contribution in [2.24, 2.45) is 0 Å². The van der Waals surface area contributed by atoms with Crippen LogP contribution in [0.4, 0.5) is 20.2 Å². The van der Waals surface area contributed by atoms with E-state index in [1.807, 2.05) is 0 Å². The molecule has 2 aromatic rings. The monoisotopic (exact) mass is 294 g/mol. The fraction of sp³-hybridized carbons (Fsp3) is 0.143.